The van der Waals surface area contributed by atoms with Gasteiger partial charge in [-0.1, -0.05) is 53.0 Å². The maximum atomic E-state index is 12.7. The van der Waals surface area contributed by atoms with Crippen LogP contribution in [0.5, 0.6) is 23.3 Å². The number of nitro groups is 1. The van der Waals surface area contributed by atoms with E-state index in [-0.39, 0.29) is 80.4 Å². The van der Waals surface area contributed by atoms with Crippen molar-refractivity contribution >= 4 is 93.7 Å². The molecule has 0 radical (unpaired) electrons. The van der Waals surface area contributed by atoms with Gasteiger partial charge in [0, 0.05) is 31.4 Å². The second-order valence-electron chi connectivity index (χ2n) is 15.8. The maximum absolute atomic E-state index is 12.7. The predicted octanol–water partition coefficient (Wildman–Crippen LogP) is 9.36. The molecular formula is C46H47Cl3F6N7O18PS. The van der Waals surface area contributed by atoms with Crippen LogP contribution in [0.1, 0.15) is 57.4 Å². The zero-order valence-electron chi connectivity index (χ0n) is 42.8. The number of nitro benzene ring substituents is 1. The number of carboxylic acid groups (broad SMARTS) is 2. The molecule has 448 valence electrons. The number of nitrogens with zero attached hydrogens (tertiary/aromatic N) is 4. The van der Waals surface area contributed by atoms with Gasteiger partial charge in [0.2, 0.25) is 5.95 Å². The van der Waals surface area contributed by atoms with Gasteiger partial charge in [0.25, 0.3) is 15.7 Å². The molecule has 0 fully saturated rings. The lowest BCUT2D eigenvalue weighted by molar-refractivity contribution is -0.385. The number of nitrogens with two attached hydrogens (primary N) is 1. The first-order chi connectivity index (χ1) is 37.9. The summed E-state index contributed by atoms with van der Waals surface area (Å²) in [4.78, 5) is 86.3. The minimum atomic E-state index is -4.61. The molecule has 0 spiro atoms. The largest absolute Gasteiger partial charge is 0.494 e. The summed E-state index contributed by atoms with van der Waals surface area (Å²) in [5.41, 5.74) is 2.75. The number of aliphatic carboxylic acids is 1. The molecule has 2 unspecified atom stereocenters. The topological polar surface area (TPSA) is 375 Å². The van der Waals surface area contributed by atoms with Crippen LogP contribution in [-0.2, 0) is 46.2 Å². The van der Waals surface area contributed by atoms with Crippen LogP contribution in [0.25, 0.3) is 0 Å². The van der Waals surface area contributed by atoms with Gasteiger partial charge in [-0.2, -0.15) is 41.3 Å². The molecule has 2 atom stereocenters. The molecule has 7 N–H and O–H groups in total. The Kier molecular flexibility index (Phi) is 27.1. The summed E-state index contributed by atoms with van der Waals surface area (Å²) < 4.78 is 137. The number of hydrogen-bond acceptors (Lipinski definition) is 19. The summed E-state index contributed by atoms with van der Waals surface area (Å²) >= 11 is 17.2. The standard InChI is InChI=1S/C18H13ClF3NO7.C15H16F3N5O4S.C8H6Cl2O3.C5H12NO4P/c1-2-28-16(24)9-29-17(25)12-8-11(4-5-14(12)23(26)27)30-15-6-3-10(7-13(15)19)18(20,21)22;1-9-19-12(22-14(20-9)27-2)21-13(24)23-28(25,26)11-6-4-3-5-10(11)7-8-15(16,17)18;1-13-7-5(10)3-2-4(9)6(7)8(11)12;1-11(9,10)3-2-4(6)5(7)8/h3-8H,2,9H2,1H3;3-6H,7-8H2,1-2H3,(H2,19,20,21,22,23,24);2-3H,1H3,(H,11,12);4H,2-3,6H2,1H3,(H,7,8)(H,9,10). The number of aromatic carboxylic acids is 1. The van der Waals surface area contributed by atoms with Gasteiger partial charge in [-0.05, 0) is 74.7 Å². The number of rotatable bonds is 19. The fourth-order valence-corrected chi connectivity index (χ4v) is 8.40. The number of urea groups is 1. The van der Waals surface area contributed by atoms with E-state index in [1.54, 1.807) is 4.72 Å². The van der Waals surface area contributed by atoms with E-state index in [1.165, 1.54) is 65.1 Å². The first-order valence-corrected chi connectivity index (χ1v) is 27.3. The van der Waals surface area contributed by atoms with Gasteiger partial charge < -0.3 is 44.5 Å². The van der Waals surface area contributed by atoms with Crippen LogP contribution in [0.3, 0.4) is 0 Å². The molecule has 0 aliphatic heterocycles. The Labute approximate surface area is 475 Å². The Hall–Kier alpha value is -7.61. The lowest BCUT2D eigenvalue weighted by atomic mass is 10.1. The number of benzene rings is 4. The highest BCUT2D eigenvalue weighted by atomic mass is 35.5. The average molecular weight is 1270 g/mol. The minimum absolute atomic E-state index is 0.0412. The van der Waals surface area contributed by atoms with Crippen molar-refractivity contribution in [3.05, 3.63) is 126 Å². The van der Waals surface area contributed by atoms with Crippen molar-refractivity contribution in [1.82, 2.24) is 19.7 Å². The van der Waals surface area contributed by atoms with Gasteiger partial charge in [-0.3, -0.25) is 24.8 Å². The molecule has 1 aromatic heterocycles. The molecule has 36 heteroatoms. The van der Waals surface area contributed by atoms with Crippen LogP contribution in [0.2, 0.25) is 15.1 Å². The highest BCUT2D eigenvalue weighted by Crippen LogP contribution is 2.38. The van der Waals surface area contributed by atoms with E-state index in [1.807, 2.05) is 0 Å². The second-order valence-corrected chi connectivity index (χ2v) is 21.2. The van der Waals surface area contributed by atoms with Crippen LogP contribution < -0.4 is 30.0 Å². The first kappa shape index (κ1) is 70.5. The van der Waals surface area contributed by atoms with E-state index in [9.17, 15) is 73.4 Å². The number of carboxylic acids is 2. The summed E-state index contributed by atoms with van der Waals surface area (Å²) in [6.07, 6.45) is -10.8. The highest BCUT2D eigenvalue weighted by molar-refractivity contribution is 7.90. The summed E-state index contributed by atoms with van der Waals surface area (Å²) in [6.45, 7) is 3.51. The molecule has 2 amide bonds. The average Bonchev–Trinajstić information content (AvgIpc) is 3.40. The number of carbonyl (C=O) groups is 5. The lowest BCUT2D eigenvalue weighted by Gasteiger charge is -2.13. The number of methoxy groups -OCH3 is 2. The number of anilines is 1. The number of aromatic nitrogens is 3. The third kappa shape index (κ3) is 24.2. The number of ether oxygens (including phenoxy) is 5. The third-order valence-corrected chi connectivity index (χ3v) is 12.9. The number of alkyl halides is 6. The molecule has 82 heavy (non-hydrogen) atoms. The lowest BCUT2D eigenvalue weighted by Crippen LogP contribution is -2.35. The number of esters is 2. The molecule has 5 aromatic rings. The number of carbonyl (C=O) groups excluding carboxylic acids is 3. The van der Waals surface area contributed by atoms with E-state index in [0.29, 0.717) is 6.07 Å². The van der Waals surface area contributed by atoms with Crippen LogP contribution in [0, 0.1) is 17.0 Å². The normalized spacial score (nSPS) is 12.1. The second kappa shape index (κ2) is 31.6. The Morgan fingerprint density at radius 1 is 0.878 bits per heavy atom. The summed E-state index contributed by atoms with van der Waals surface area (Å²) in [6, 6.07) is 11.0. The quantitative estimate of drug-likeness (QED) is 0.0147. The molecular weight excluding hydrogens is 1220 g/mol. The molecule has 1 heterocycles. The molecule has 0 bridgehead atoms. The smallest absolute Gasteiger partial charge is 0.416 e. The summed E-state index contributed by atoms with van der Waals surface area (Å²) in [5.74, 6) is -4.62. The van der Waals surface area contributed by atoms with E-state index in [2.05, 4.69) is 25.0 Å². The Balaban J connectivity index is 0.000000405. The van der Waals surface area contributed by atoms with Crippen LogP contribution in [0.4, 0.5) is 42.8 Å². The number of aryl methyl sites for hydroxylation is 2. The Bertz CT molecular complexity index is 3270. The highest BCUT2D eigenvalue weighted by Gasteiger charge is 2.32. The third-order valence-electron chi connectivity index (χ3n) is 9.45. The van der Waals surface area contributed by atoms with Gasteiger partial charge in [-0.25, -0.2) is 32.3 Å². The predicted molar refractivity (Wildman–Crippen MR) is 279 cm³/mol. The minimum Gasteiger partial charge on any atom is -0.494 e. The van der Waals surface area contributed by atoms with E-state index in [0.717, 1.165) is 36.4 Å². The maximum Gasteiger partial charge on any atom is 0.416 e. The molecule has 0 aliphatic carbocycles. The molecule has 0 saturated heterocycles. The monoisotopic (exact) mass is 1270 g/mol. The Morgan fingerprint density at radius 2 is 1.51 bits per heavy atom. The van der Waals surface area contributed by atoms with Gasteiger partial charge in [-0.15, -0.1) is 0 Å². The van der Waals surface area contributed by atoms with E-state index < -0.39 is 112 Å². The molecule has 25 nitrogen and oxygen atoms in total. The first-order valence-electron chi connectivity index (χ1n) is 22.4. The van der Waals surface area contributed by atoms with Gasteiger partial charge in [0.1, 0.15) is 34.5 Å². The summed E-state index contributed by atoms with van der Waals surface area (Å²) in [7, 11) is -4.91. The number of sulfonamides is 1. The van der Waals surface area contributed by atoms with E-state index in [4.69, 9.17) is 74.6 Å². The zero-order valence-corrected chi connectivity index (χ0v) is 46.8. The fraction of sp³-hybridized carbons (Fsp3) is 0.304. The summed E-state index contributed by atoms with van der Waals surface area (Å²) in [5, 5.41) is 30.3. The molecule has 0 aliphatic rings. The van der Waals surface area contributed by atoms with E-state index >= 15 is 0 Å². The molecule has 0 saturated carbocycles. The Morgan fingerprint density at radius 3 is 2.04 bits per heavy atom. The number of halogens is 9. The van der Waals surface area contributed by atoms with Gasteiger partial charge >= 0.3 is 48.3 Å². The van der Waals surface area contributed by atoms with Crippen LogP contribution >= 0.6 is 42.2 Å². The van der Waals surface area contributed by atoms with Crippen LogP contribution in [0.15, 0.2) is 77.7 Å². The molecule has 4 aromatic carbocycles. The van der Waals surface area contributed by atoms with Crippen molar-refractivity contribution < 1.29 is 107 Å². The van der Waals surface area contributed by atoms with Crippen LogP contribution in [-0.4, -0.2) is 126 Å². The number of hydrogen-bond donors (Lipinski definition) is 6. The van der Waals surface area contributed by atoms with Crippen molar-refractivity contribution in [2.45, 2.75) is 56.4 Å². The van der Waals surface area contributed by atoms with Crippen molar-refractivity contribution in [2.75, 3.05) is 45.6 Å². The van der Waals surface area contributed by atoms with Gasteiger partial charge in [0.15, 0.2) is 19.7 Å². The number of nitrogens with one attached hydrogen (secondary N) is 2. The van der Waals surface area contributed by atoms with Crippen molar-refractivity contribution in [2.24, 2.45) is 5.73 Å². The molecule has 5 rings (SSSR count). The fourth-order valence-electron chi connectivity index (χ4n) is 5.78. The van der Waals surface area contributed by atoms with Crippen molar-refractivity contribution in [3.8, 4) is 23.3 Å². The SMILES string of the molecule is CCOC(=O)COC(=O)c1cc(Oc2ccc(C(F)(F)F)cc2Cl)ccc1[N+](=O)[O-].COc1c(Cl)ccc(Cl)c1C(=O)O.COc1nc(C)nc(NC(=O)NS(=O)(=O)c2ccccc2CCC(F)(F)F)n1.CP(=O)(O)CCC(N)C(=O)O. The van der Waals surface area contributed by atoms with Crippen molar-refractivity contribution in [1.29, 1.82) is 0 Å². The van der Waals surface area contributed by atoms with Gasteiger partial charge in [0.05, 0.1) is 51.3 Å². The zero-order chi connectivity index (χ0) is 62.5. The number of amides is 2. The van der Waals surface area contributed by atoms with Crippen molar-refractivity contribution in [3.63, 3.8) is 0 Å².